The fourth-order valence-electron chi connectivity index (χ4n) is 1.17. The number of aliphatic carboxylic acids is 3. The number of hydrogen-bond acceptors (Lipinski definition) is 7. The monoisotopic (exact) mass is 352 g/mol. The molecule has 6 N–H and O–H groups in total. The molecule has 0 unspecified atom stereocenters. The summed E-state index contributed by atoms with van der Waals surface area (Å²) in [5.74, 6) is -2.90. The number of carboxylic acids is 3. The van der Waals surface area contributed by atoms with Crippen LogP contribution in [0.25, 0.3) is 0 Å². The number of rotatable bonds is 12. The second kappa shape index (κ2) is 14.4. The summed E-state index contributed by atoms with van der Waals surface area (Å²) >= 11 is 0. The van der Waals surface area contributed by atoms with Crippen LogP contribution >= 0.6 is 0 Å². The Morgan fingerprint density at radius 2 is 1.25 bits per heavy atom. The van der Waals surface area contributed by atoms with Crippen molar-refractivity contribution in [2.45, 2.75) is 25.7 Å². The van der Waals surface area contributed by atoms with Crippen LogP contribution in [-0.4, -0.2) is 75.0 Å². The lowest BCUT2D eigenvalue weighted by Gasteiger charge is -2.25. The third kappa shape index (κ3) is 14.8. The van der Waals surface area contributed by atoms with Crippen LogP contribution in [0.5, 0.6) is 0 Å². The molecule has 140 valence electrons. The van der Waals surface area contributed by atoms with Crippen molar-refractivity contribution in [1.82, 2.24) is 0 Å². The van der Waals surface area contributed by atoms with Gasteiger partial charge in [-0.25, -0.2) is 4.79 Å². The molecule has 0 fully saturated rings. The average molecular weight is 352 g/mol. The van der Waals surface area contributed by atoms with Crippen molar-refractivity contribution in [3.8, 4) is 0 Å². The van der Waals surface area contributed by atoms with Gasteiger partial charge in [0, 0.05) is 12.8 Å². The van der Waals surface area contributed by atoms with E-state index in [9.17, 15) is 14.4 Å². The summed E-state index contributed by atoms with van der Waals surface area (Å²) in [5.41, 5.74) is -1.14. The number of aliphatic hydroxyl groups excluding tert-OH is 3. The Balaban J connectivity index is 0. The first-order chi connectivity index (χ1) is 11.2. The Labute approximate surface area is 138 Å². The number of carbonyl (C=O) groups is 3. The average Bonchev–Trinajstić information content (AvgIpc) is 2.52. The van der Waals surface area contributed by atoms with E-state index in [1.807, 2.05) is 0 Å². The molecule has 10 heteroatoms. The molecular weight excluding hydrogens is 328 g/mol. The summed E-state index contributed by atoms with van der Waals surface area (Å²) in [4.78, 5) is 29.8. The highest BCUT2D eigenvalue weighted by Gasteiger charge is 2.28. The van der Waals surface area contributed by atoms with Crippen molar-refractivity contribution in [3.63, 3.8) is 0 Å². The van der Waals surface area contributed by atoms with Crippen LogP contribution in [0.1, 0.15) is 25.7 Å². The molecule has 0 aliphatic carbocycles. The number of carboxylic acid groups (broad SMARTS) is 3. The van der Waals surface area contributed by atoms with E-state index in [4.69, 9.17) is 35.4 Å². The number of ether oxygens (including phenoxy) is 1. The largest absolute Gasteiger partial charge is 0.500 e. The lowest BCUT2D eigenvalue weighted by atomic mass is 9.93. The number of hydrogen-bond donors (Lipinski definition) is 6. The minimum absolute atomic E-state index is 0.0628. The van der Waals surface area contributed by atoms with Crippen LogP contribution < -0.4 is 0 Å². The highest BCUT2D eigenvalue weighted by molar-refractivity contribution is 5.79. The first kappa shape index (κ1) is 24.1. The molecular formula is C14H24O10. The third-order valence-corrected chi connectivity index (χ3v) is 2.73. The lowest BCUT2D eigenvalue weighted by molar-refractivity contribution is -0.139. The van der Waals surface area contributed by atoms with Gasteiger partial charge in [0.1, 0.15) is 0 Å². The molecule has 0 aliphatic rings. The maximum atomic E-state index is 10.0. The molecule has 0 amide bonds. The third-order valence-electron chi connectivity index (χ3n) is 2.73. The van der Waals surface area contributed by atoms with Crippen LogP contribution in [0.2, 0.25) is 0 Å². The molecule has 0 aromatic heterocycles. The van der Waals surface area contributed by atoms with Crippen LogP contribution in [0.3, 0.4) is 0 Å². The molecule has 10 nitrogen and oxygen atoms in total. The van der Waals surface area contributed by atoms with Crippen LogP contribution in [0.15, 0.2) is 12.3 Å². The van der Waals surface area contributed by atoms with Gasteiger partial charge in [-0.15, -0.1) is 0 Å². The standard InChI is InChI=1S/C8H14O6.C6H10O4/c9-3-8(4-10,5-11)6-14-2-1-7(12)13;7-5(8)3-1-2-4-6(9)10/h1-2,9-11H,3-6H2,(H,12,13);1-4H2,(H,7,8)(H,9,10). The smallest absolute Gasteiger partial charge is 0.331 e. The van der Waals surface area contributed by atoms with Crippen molar-refractivity contribution in [3.05, 3.63) is 12.3 Å². The van der Waals surface area contributed by atoms with Gasteiger partial charge in [0.2, 0.25) is 0 Å². The zero-order chi connectivity index (χ0) is 19.0. The van der Waals surface area contributed by atoms with Gasteiger partial charge in [-0.3, -0.25) is 9.59 Å². The van der Waals surface area contributed by atoms with Gasteiger partial charge in [-0.05, 0) is 12.8 Å². The Morgan fingerprint density at radius 1 is 0.833 bits per heavy atom. The molecule has 0 spiro atoms. The molecule has 0 atom stereocenters. The fraction of sp³-hybridized carbons (Fsp3) is 0.643. The van der Waals surface area contributed by atoms with Gasteiger partial charge in [-0.1, -0.05) is 0 Å². The lowest BCUT2D eigenvalue weighted by Crippen LogP contribution is -2.38. The number of unbranched alkanes of at least 4 members (excludes halogenated alkanes) is 1. The van der Waals surface area contributed by atoms with Crippen molar-refractivity contribution in [1.29, 1.82) is 0 Å². The molecule has 0 heterocycles. The molecule has 0 radical (unpaired) electrons. The minimum Gasteiger partial charge on any atom is -0.500 e. The van der Waals surface area contributed by atoms with Gasteiger partial charge in [0.15, 0.2) is 0 Å². The summed E-state index contributed by atoms with van der Waals surface area (Å²) < 4.78 is 4.74. The molecule has 0 saturated carbocycles. The highest BCUT2D eigenvalue weighted by Crippen LogP contribution is 2.14. The van der Waals surface area contributed by atoms with Crippen LogP contribution in [0, 0.1) is 5.41 Å². The van der Waals surface area contributed by atoms with E-state index in [0.29, 0.717) is 12.8 Å². The second-order valence-electron chi connectivity index (χ2n) is 4.92. The SMILES string of the molecule is O=C(O)C=COCC(CO)(CO)CO.O=C(O)CCCCC(=O)O. The summed E-state index contributed by atoms with van der Waals surface area (Å²) in [7, 11) is 0. The van der Waals surface area contributed by atoms with Gasteiger partial charge in [-0.2, -0.15) is 0 Å². The maximum Gasteiger partial charge on any atom is 0.331 e. The van der Waals surface area contributed by atoms with E-state index in [1.54, 1.807) is 0 Å². The zero-order valence-corrected chi connectivity index (χ0v) is 13.1. The van der Waals surface area contributed by atoms with E-state index in [2.05, 4.69) is 0 Å². The van der Waals surface area contributed by atoms with Crippen LogP contribution in [-0.2, 0) is 19.1 Å². The molecule has 0 aromatic carbocycles. The highest BCUT2D eigenvalue weighted by atomic mass is 16.5. The maximum absolute atomic E-state index is 10.0. The van der Waals surface area contributed by atoms with Gasteiger partial charge in [0.25, 0.3) is 0 Å². The van der Waals surface area contributed by atoms with E-state index < -0.39 is 43.1 Å². The van der Waals surface area contributed by atoms with Crippen LogP contribution in [0.4, 0.5) is 0 Å². The predicted octanol–water partition coefficient (Wildman–Crippen LogP) is -0.719. The summed E-state index contributed by atoms with van der Waals surface area (Å²) in [6, 6.07) is 0. The van der Waals surface area contributed by atoms with Crippen molar-refractivity contribution in [2.75, 3.05) is 26.4 Å². The normalized spacial score (nSPS) is 10.8. The summed E-state index contributed by atoms with van der Waals surface area (Å²) in [5, 5.41) is 51.0. The minimum atomic E-state index is -1.16. The zero-order valence-electron chi connectivity index (χ0n) is 13.1. The molecule has 0 rings (SSSR count). The Hall–Kier alpha value is -2.17. The van der Waals surface area contributed by atoms with Gasteiger partial charge < -0.3 is 35.4 Å². The molecule has 0 bridgehead atoms. The Bertz CT molecular complexity index is 376. The quantitative estimate of drug-likeness (QED) is 0.149. The first-order valence-electron chi connectivity index (χ1n) is 7.00. The van der Waals surface area contributed by atoms with E-state index in [-0.39, 0.29) is 19.4 Å². The van der Waals surface area contributed by atoms with Crippen molar-refractivity contribution >= 4 is 17.9 Å². The van der Waals surface area contributed by atoms with Crippen molar-refractivity contribution < 1.29 is 49.8 Å². The summed E-state index contributed by atoms with van der Waals surface area (Å²) in [6.45, 7) is -1.48. The molecule has 0 saturated heterocycles. The van der Waals surface area contributed by atoms with Crippen molar-refractivity contribution in [2.24, 2.45) is 5.41 Å². The van der Waals surface area contributed by atoms with Gasteiger partial charge in [0.05, 0.1) is 44.2 Å². The first-order valence-corrected chi connectivity index (χ1v) is 7.00. The molecule has 0 aromatic rings. The van der Waals surface area contributed by atoms with E-state index in [0.717, 1.165) is 12.3 Å². The Kier molecular flexibility index (Phi) is 14.5. The summed E-state index contributed by atoms with van der Waals surface area (Å²) in [6.07, 6.45) is 2.72. The topological polar surface area (TPSA) is 182 Å². The second-order valence-corrected chi connectivity index (χ2v) is 4.92. The number of aliphatic hydroxyl groups is 3. The molecule has 0 aliphatic heterocycles. The van der Waals surface area contributed by atoms with E-state index in [1.165, 1.54) is 0 Å². The Morgan fingerprint density at radius 3 is 1.54 bits per heavy atom. The van der Waals surface area contributed by atoms with Gasteiger partial charge >= 0.3 is 17.9 Å². The molecule has 24 heavy (non-hydrogen) atoms. The fourth-order valence-corrected chi connectivity index (χ4v) is 1.17. The predicted molar refractivity (Wildman–Crippen MR) is 80.2 cm³/mol. The van der Waals surface area contributed by atoms with E-state index >= 15 is 0 Å².